The zero-order chi connectivity index (χ0) is 14.1. The first kappa shape index (κ1) is 12.8. The van der Waals surface area contributed by atoms with Crippen LogP contribution in [0.15, 0.2) is 54.6 Å². The Morgan fingerprint density at radius 1 is 1.05 bits per heavy atom. The van der Waals surface area contributed by atoms with Crippen LogP contribution in [0, 0.1) is 0 Å². The van der Waals surface area contributed by atoms with Crippen molar-refractivity contribution in [3.05, 3.63) is 65.7 Å². The molecule has 0 bridgehead atoms. The van der Waals surface area contributed by atoms with Crippen molar-refractivity contribution in [1.82, 2.24) is 5.32 Å². The Bertz CT molecular complexity index is 627. The van der Waals surface area contributed by atoms with Crippen LogP contribution in [-0.2, 0) is 4.79 Å². The molecular weight excluding hydrogens is 250 g/mol. The number of amides is 1. The molecule has 1 heterocycles. The molecule has 1 aliphatic rings. The molecule has 102 valence electrons. The van der Waals surface area contributed by atoms with Gasteiger partial charge in [-0.2, -0.15) is 0 Å². The molecular formula is C16H17N3O. The summed E-state index contributed by atoms with van der Waals surface area (Å²) in [6, 6.07) is 17.8. The van der Waals surface area contributed by atoms with Gasteiger partial charge in [0.2, 0.25) is 0 Å². The van der Waals surface area contributed by atoms with E-state index in [1.54, 1.807) is 11.9 Å². The van der Waals surface area contributed by atoms with Crippen LogP contribution in [0.3, 0.4) is 0 Å². The number of hydrogen-bond donors (Lipinski definition) is 2. The van der Waals surface area contributed by atoms with Crippen LogP contribution in [0.4, 0.5) is 5.69 Å². The van der Waals surface area contributed by atoms with Crippen LogP contribution < -0.4 is 16.0 Å². The fraction of sp³-hybridized carbons (Fsp3) is 0.188. The lowest BCUT2D eigenvalue weighted by Crippen LogP contribution is -2.49. The summed E-state index contributed by atoms with van der Waals surface area (Å²) < 4.78 is 0. The summed E-state index contributed by atoms with van der Waals surface area (Å²) in [5, 5.41) is 3.22. The number of rotatable bonds is 1. The van der Waals surface area contributed by atoms with Crippen molar-refractivity contribution in [2.45, 2.75) is 12.2 Å². The SMILES string of the molecule is CN1C(=O)C(N)NC(c2ccccc2)c2ccccc21. The second-order valence-corrected chi connectivity index (χ2v) is 4.94. The normalized spacial score (nSPS) is 22.3. The van der Waals surface area contributed by atoms with Crippen molar-refractivity contribution in [2.24, 2.45) is 5.73 Å². The first-order valence-electron chi connectivity index (χ1n) is 6.61. The van der Waals surface area contributed by atoms with Gasteiger partial charge in [0, 0.05) is 12.7 Å². The van der Waals surface area contributed by atoms with Gasteiger partial charge in [-0.3, -0.25) is 10.1 Å². The molecule has 2 atom stereocenters. The van der Waals surface area contributed by atoms with Gasteiger partial charge in [0.15, 0.2) is 0 Å². The number of carbonyl (C=O) groups is 1. The van der Waals surface area contributed by atoms with E-state index in [1.807, 2.05) is 54.6 Å². The molecule has 4 nitrogen and oxygen atoms in total. The van der Waals surface area contributed by atoms with E-state index in [0.29, 0.717) is 0 Å². The summed E-state index contributed by atoms with van der Waals surface area (Å²) in [5.74, 6) is -0.129. The molecule has 0 saturated carbocycles. The second-order valence-electron chi connectivity index (χ2n) is 4.94. The van der Waals surface area contributed by atoms with Gasteiger partial charge < -0.3 is 10.6 Å². The predicted molar refractivity (Wildman–Crippen MR) is 79.2 cm³/mol. The Balaban J connectivity index is 2.15. The molecule has 2 unspecified atom stereocenters. The molecule has 1 aliphatic heterocycles. The molecule has 2 aromatic carbocycles. The van der Waals surface area contributed by atoms with E-state index in [0.717, 1.165) is 16.8 Å². The van der Waals surface area contributed by atoms with Gasteiger partial charge in [-0.25, -0.2) is 0 Å². The smallest absolute Gasteiger partial charge is 0.258 e. The lowest BCUT2D eigenvalue weighted by Gasteiger charge is -2.20. The molecule has 0 radical (unpaired) electrons. The summed E-state index contributed by atoms with van der Waals surface area (Å²) in [4.78, 5) is 13.8. The van der Waals surface area contributed by atoms with E-state index in [4.69, 9.17) is 5.73 Å². The highest BCUT2D eigenvalue weighted by molar-refractivity contribution is 5.98. The van der Waals surface area contributed by atoms with Crippen molar-refractivity contribution in [3.8, 4) is 0 Å². The first-order chi connectivity index (χ1) is 9.68. The molecule has 0 aromatic heterocycles. The van der Waals surface area contributed by atoms with E-state index >= 15 is 0 Å². The van der Waals surface area contributed by atoms with Gasteiger partial charge in [0.25, 0.3) is 5.91 Å². The van der Waals surface area contributed by atoms with Crippen LogP contribution >= 0.6 is 0 Å². The molecule has 2 aromatic rings. The summed E-state index contributed by atoms with van der Waals surface area (Å²) in [6.07, 6.45) is -0.711. The zero-order valence-electron chi connectivity index (χ0n) is 11.3. The van der Waals surface area contributed by atoms with Crippen LogP contribution in [0.2, 0.25) is 0 Å². The van der Waals surface area contributed by atoms with Crippen LogP contribution in [-0.4, -0.2) is 19.1 Å². The van der Waals surface area contributed by atoms with Crippen molar-refractivity contribution in [2.75, 3.05) is 11.9 Å². The van der Waals surface area contributed by atoms with E-state index in [-0.39, 0.29) is 11.9 Å². The quantitative estimate of drug-likeness (QED) is 0.825. The number of anilines is 1. The lowest BCUT2D eigenvalue weighted by atomic mass is 9.97. The number of carbonyl (C=O) groups excluding carboxylic acids is 1. The molecule has 0 aliphatic carbocycles. The second kappa shape index (κ2) is 5.07. The first-order valence-corrected chi connectivity index (χ1v) is 6.61. The minimum atomic E-state index is -0.711. The number of likely N-dealkylation sites (N-methyl/N-ethyl adjacent to an activating group) is 1. The van der Waals surface area contributed by atoms with E-state index in [2.05, 4.69) is 5.32 Å². The number of para-hydroxylation sites is 1. The maximum absolute atomic E-state index is 12.2. The Hall–Kier alpha value is -2.17. The fourth-order valence-corrected chi connectivity index (χ4v) is 2.63. The van der Waals surface area contributed by atoms with Crippen LogP contribution in [0.1, 0.15) is 17.2 Å². The number of nitrogens with zero attached hydrogens (tertiary/aromatic N) is 1. The Morgan fingerprint density at radius 2 is 1.70 bits per heavy atom. The molecule has 0 spiro atoms. The third kappa shape index (κ3) is 2.09. The number of nitrogens with two attached hydrogens (primary N) is 1. The lowest BCUT2D eigenvalue weighted by molar-refractivity contribution is -0.120. The van der Waals surface area contributed by atoms with Gasteiger partial charge in [0.05, 0.1) is 6.04 Å². The average molecular weight is 267 g/mol. The van der Waals surface area contributed by atoms with E-state index in [1.165, 1.54) is 0 Å². The van der Waals surface area contributed by atoms with E-state index in [9.17, 15) is 4.79 Å². The third-order valence-electron chi connectivity index (χ3n) is 3.68. The summed E-state index contributed by atoms with van der Waals surface area (Å²) >= 11 is 0. The Kier molecular flexibility index (Phi) is 3.26. The third-order valence-corrected chi connectivity index (χ3v) is 3.68. The van der Waals surface area contributed by atoms with E-state index < -0.39 is 6.17 Å². The van der Waals surface area contributed by atoms with Gasteiger partial charge in [0.1, 0.15) is 6.17 Å². The molecule has 0 fully saturated rings. The summed E-state index contributed by atoms with van der Waals surface area (Å²) in [7, 11) is 1.76. The molecule has 4 heteroatoms. The predicted octanol–water partition coefficient (Wildman–Crippen LogP) is 1.63. The summed E-state index contributed by atoms with van der Waals surface area (Å²) in [5.41, 5.74) is 9.02. The van der Waals surface area contributed by atoms with Crippen molar-refractivity contribution in [1.29, 1.82) is 0 Å². The largest absolute Gasteiger partial charge is 0.313 e. The standard InChI is InChI=1S/C16H17N3O/c1-19-13-10-6-5-9-12(13)14(18-15(17)16(19)20)11-7-3-2-4-8-11/h2-10,14-15,18H,17H2,1H3. The highest BCUT2D eigenvalue weighted by atomic mass is 16.2. The zero-order valence-corrected chi connectivity index (χ0v) is 11.3. The average Bonchev–Trinajstić information content (AvgIpc) is 2.60. The van der Waals surface area contributed by atoms with Gasteiger partial charge >= 0.3 is 0 Å². The number of fused-ring (bicyclic) bond motifs is 1. The van der Waals surface area contributed by atoms with Crippen molar-refractivity contribution >= 4 is 11.6 Å². The topological polar surface area (TPSA) is 58.4 Å². The number of benzene rings is 2. The Labute approximate surface area is 118 Å². The molecule has 1 amide bonds. The monoisotopic (exact) mass is 267 g/mol. The highest BCUT2D eigenvalue weighted by Gasteiger charge is 2.30. The molecule has 3 N–H and O–H groups in total. The molecule has 3 rings (SSSR count). The van der Waals surface area contributed by atoms with Crippen LogP contribution in [0.25, 0.3) is 0 Å². The minimum Gasteiger partial charge on any atom is -0.313 e. The van der Waals surface area contributed by atoms with Crippen molar-refractivity contribution < 1.29 is 4.79 Å². The maximum Gasteiger partial charge on any atom is 0.258 e. The fourth-order valence-electron chi connectivity index (χ4n) is 2.63. The van der Waals surface area contributed by atoms with Crippen LogP contribution in [0.5, 0.6) is 0 Å². The van der Waals surface area contributed by atoms with Gasteiger partial charge in [-0.15, -0.1) is 0 Å². The summed E-state index contributed by atoms with van der Waals surface area (Å²) in [6.45, 7) is 0. The molecule has 20 heavy (non-hydrogen) atoms. The van der Waals surface area contributed by atoms with Gasteiger partial charge in [-0.1, -0.05) is 48.5 Å². The number of hydrogen-bond acceptors (Lipinski definition) is 3. The minimum absolute atomic E-state index is 0.0868. The Morgan fingerprint density at radius 3 is 2.45 bits per heavy atom. The highest BCUT2D eigenvalue weighted by Crippen LogP contribution is 2.32. The van der Waals surface area contributed by atoms with Crippen molar-refractivity contribution in [3.63, 3.8) is 0 Å². The maximum atomic E-state index is 12.2. The van der Waals surface area contributed by atoms with Gasteiger partial charge in [-0.05, 0) is 17.2 Å². The molecule has 0 saturated heterocycles. The number of nitrogens with one attached hydrogen (secondary N) is 1.